The summed E-state index contributed by atoms with van der Waals surface area (Å²) < 4.78 is 0. The molecule has 2 aromatic rings. The highest BCUT2D eigenvalue weighted by Gasteiger charge is 2.29. The molecule has 4 rings (SSSR count). The Kier molecular flexibility index (Phi) is 6.00. The first-order chi connectivity index (χ1) is 14.2. The van der Waals surface area contributed by atoms with Gasteiger partial charge in [0.05, 0.1) is 19.1 Å². The predicted octanol–water partition coefficient (Wildman–Crippen LogP) is 0.168. The lowest BCUT2D eigenvalue weighted by atomic mass is 10.0. The maximum Gasteiger partial charge on any atom is 0.239 e. The second-order valence-electron chi connectivity index (χ2n) is 7.54. The largest absolute Gasteiger partial charge is 0.350 e. The van der Waals surface area contributed by atoms with Crippen LogP contribution in [-0.2, 0) is 16.0 Å². The highest BCUT2D eigenvalue weighted by atomic mass is 16.2. The van der Waals surface area contributed by atoms with Crippen LogP contribution in [0.2, 0.25) is 0 Å². The number of aromatic nitrogens is 2. The summed E-state index contributed by atoms with van der Waals surface area (Å²) in [7, 11) is 0. The van der Waals surface area contributed by atoms with E-state index in [-0.39, 0.29) is 24.4 Å². The summed E-state index contributed by atoms with van der Waals surface area (Å²) in [5.74, 6) is 0.661. The van der Waals surface area contributed by atoms with Crippen LogP contribution >= 0.6 is 0 Å². The molecule has 2 fully saturated rings. The van der Waals surface area contributed by atoms with E-state index in [1.807, 2.05) is 30.3 Å². The SMILES string of the molecule is O=C1CN(C(=O)CN2CCN(c3ncccn3)CC2)C[C@H](Cc2ccccc2)N1. The van der Waals surface area contributed by atoms with Crippen molar-refractivity contribution in [1.29, 1.82) is 0 Å². The first-order valence-corrected chi connectivity index (χ1v) is 10.0. The molecule has 1 aromatic heterocycles. The fraction of sp³-hybridized carbons (Fsp3) is 0.429. The Morgan fingerprint density at radius 3 is 2.48 bits per heavy atom. The Bertz CT molecular complexity index is 824. The number of carbonyl (C=O) groups is 2. The topological polar surface area (TPSA) is 81.7 Å². The third-order valence-electron chi connectivity index (χ3n) is 5.38. The van der Waals surface area contributed by atoms with Crippen molar-refractivity contribution in [1.82, 2.24) is 25.1 Å². The van der Waals surface area contributed by atoms with Crippen LogP contribution in [0.1, 0.15) is 5.56 Å². The van der Waals surface area contributed by atoms with Gasteiger partial charge in [0.15, 0.2) is 0 Å². The van der Waals surface area contributed by atoms with E-state index in [1.165, 1.54) is 0 Å². The van der Waals surface area contributed by atoms with E-state index in [0.29, 0.717) is 13.1 Å². The monoisotopic (exact) mass is 394 g/mol. The Morgan fingerprint density at radius 1 is 1.03 bits per heavy atom. The Labute approximate surface area is 170 Å². The van der Waals surface area contributed by atoms with E-state index in [9.17, 15) is 9.59 Å². The predicted molar refractivity (Wildman–Crippen MR) is 109 cm³/mol. The zero-order valence-corrected chi connectivity index (χ0v) is 16.4. The van der Waals surface area contributed by atoms with E-state index >= 15 is 0 Å². The number of benzene rings is 1. The average molecular weight is 394 g/mol. The van der Waals surface area contributed by atoms with Gasteiger partial charge in [-0.05, 0) is 18.1 Å². The van der Waals surface area contributed by atoms with Gasteiger partial charge in [0.25, 0.3) is 0 Å². The van der Waals surface area contributed by atoms with E-state index < -0.39 is 0 Å². The quantitative estimate of drug-likeness (QED) is 0.779. The van der Waals surface area contributed by atoms with Crippen molar-refractivity contribution in [3.63, 3.8) is 0 Å². The van der Waals surface area contributed by atoms with Crippen LogP contribution in [0.15, 0.2) is 48.8 Å². The summed E-state index contributed by atoms with van der Waals surface area (Å²) in [5.41, 5.74) is 1.16. The average Bonchev–Trinajstić information content (AvgIpc) is 2.75. The number of piperazine rings is 2. The summed E-state index contributed by atoms with van der Waals surface area (Å²) in [6, 6.07) is 11.8. The zero-order chi connectivity index (χ0) is 20.1. The van der Waals surface area contributed by atoms with Crippen LogP contribution in [0, 0.1) is 0 Å². The molecule has 2 saturated heterocycles. The van der Waals surface area contributed by atoms with E-state index in [2.05, 4.69) is 25.1 Å². The highest BCUT2D eigenvalue weighted by Crippen LogP contribution is 2.12. The molecule has 0 saturated carbocycles. The minimum absolute atomic E-state index is 0.0160. The molecule has 0 bridgehead atoms. The number of anilines is 1. The molecule has 8 heteroatoms. The van der Waals surface area contributed by atoms with Crippen LogP contribution < -0.4 is 10.2 Å². The smallest absolute Gasteiger partial charge is 0.239 e. The zero-order valence-electron chi connectivity index (χ0n) is 16.4. The van der Waals surface area contributed by atoms with Crippen molar-refractivity contribution in [2.45, 2.75) is 12.5 Å². The molecule has 1 aromatic carbocycles. The molecule has 8 nitrogen and oxygen atoms in total. The van der Waals surface area contributed by atoms with Crippen LogP contribution in [0.3, 0.4) is 0 Å². The number of amides is 2. The summed E-state index contributed by atoms with van der Waals surface area (Å²) in [6.45, 7) is 4.16. The maximum absolute atomic E-state index is 12.8. The van der Waals surface area contributed by atoms with Gasteiger partial charge in [-0.1, -0.05) is 30.3 Å². The van der Waals surface area contributed by atoms with E-state index in [4.69, 9.17) is 0 Å². The molecule has 152 valence electrons. The highest BCUT2D eigenvalue weighted by molar-refractivity contribution is 5.87. The Balaban J connectivity index is 1.28. The molecular weight excluding hydrogens is 368 g/mol. The molecule has 0 aliphatic carbocycles. The number of nitrogens with one attached hydrogen (secondary N) is 1. The van der Waals surface area contributed by atoms with Gasteiger partial charge in [-0.2, -0.15) is 0 Å². The van der Waals surface area contributed by atoms with Crippen LogP contribution in [0.5, 0.6) is 0 Å². The molecule has 29 heavy (non-hydrogen) atoms. The minimum atomic E-state index is -0.0865. The lowest BCUT2D eigenvalue weighted by Crippen LogP contribution is -2.58. The van der Waals surface area contributed by atoms with Gasteiger partial charge in [0.1, 0.15) is 0 Å². The van der Waals surface area contributed by atoms with Crippen LogP contribution in [0.4, 0.5) is 5.95 Å². The number of hydrogen-bond donors (Lipinski definition) is 1. The molecule has 0 radical (unpaired) electrons. The lowest BCUT2D eigenvalue weighted by molar-refractivity contribution is -0.140. The summed E-state index contributed by atoms with van der Waals surface area (Å²) in [4.78, 5) is 39.5. The molecule has 0 unspecified atom stereocenters. The van der Waals surface area contributed by atoms with E-state index in [1.54, 1.807) is 23.4 Å². The lowest BCUT2D eigenvalue weighted by Gasteiger charge is -2.37. The third-order valence-corrected chi connectivity index (χ3v) is 5.38. The molecule has 2 aliphatic rings. The fourth-order valence-electron chi connectivity index (χ4n) is 3.88. The van der Waals surface area contributed by atoms with Crippen molar-refractivity contribution in [2.24, 2.45) is 0 Å². The minimum Gasteiger partial charge on any atom is -0.350 e. The van der Waals surface area contributed by atoms with Crippen molar-refractivity contribution >= 4 is 17.8 Å². The summed E-state index contributed by atoms with van der Waals surface area (Å²) in [6.07, 6.45) is 4.21. The van der Waals surface area contributed by atoms with Crippen molar-refractivity contribution < 1.29 is 9.59 Å². The summed E-state index contributed by atoms with van der Waals surface area (Å²) >= 11 is 0. The second kappa shape index (κ2) is 9.00. The number of rotatable bonds is 5. The fourth-order valence-corrected chi connectivity index (χ4v) is 3.88. The third kappa shape index (κ3) is 5.08. The molecule has 2 amide bonds. The Morgan fingerprint density at radius 2 is 1.76 bits per heavy atom. The number of carbonyl (C=O) groups excluding carboxylic acids is 2. The molecule has 2 aliphatic heterocycles. The van der Waals surface area contributed by atoms with Gasteiger partial charge in [0.2, 0.25) is 17.8 Å². The van der Waals surface area contributed by atoms with Gasteiger partial charge in [0, 0.05) is 45.1 Å². The molecule has 0 spiro atoms. The van der Waals surface area contributed by atoms with Gasteiger partial charge < -0.3 is 15.1 Å². The van der Waals surface area contributed by atoms with Crippen LogP contribution in [-0.4, -0.2) is 83.4 Å². The summed E-state index contributed by atoms with van der Waals surface area (Å²) in [5, 5.41) is 3.01. The van der Waals surface area contributed by atoms with Gasteiger partial charge >= 0.3 is 0 Å². The molecular formula is C21H26N6O2. The normalized spacial score (nSPS) is 20.4. The molecule has 1 atom stereocenters. The van der Waals surface area contributed by atoms with Gasteiger partial charge in [-0.25, -0.2) is 9.97 Å². The van der Waals surface area contributed by atoms with E-state index in [0.717, 1.165) is 44.1 Å². The van der Waals surface area contributed by atoms with Gasteiger partial charge in [-0.3, -0.25) is 14.5 Å². The second-order valence-corrected chi connectivity index (χ2v) is 7.54. The van der Waals surface area contributed by atoms with Gasteiger partial charge in [-0.15, -0.1) is 0 Å². The van der Waals surface area contributed by atoms with Crippen molar-refractivity contribution in [3.05, 3.63) is 54.4 Å². The number of hydrogen-bond acceptors (Lipinski definition) is 6. The van der Waals surface area contributed by atoms with Crippen LogP contribution in [0.25, 0.3) is 0 Å². The first kappa shape index (κ1) is 19.3. The molecule has 3 heterocycles. The van der Waals surface area contributed by atoms with Crippen molar-refractivity contribution in [2.75, 3.05) is 50.7 Å². The Hall–Kier alpha value is -3.00. The number of nitrogens with zero attached hydrogens (tertiary/aromatic N) is 5. The molecule has 1 N–H and O–H groups in total. The standard InChI is InChI=1S/C21H26N6O2/c28-19-15-27(14-18(24-19)13-17-5-2-1-3-6-17)20(29)16-25-9-11-26(12-10-25)21-22-7-4-8-23-21/h1-8,18H,9-16H2,(H,24,28)/t18-/m0/s1. The van der Waals surface area contributed by atoms with Crippen molar-refractivity contribution in [3.8, 4) is 0 Å². The maximum atomic E-state index is 12.8. The first-order valence-electron chi connectivity index (χ1n) is 10.0.